The van der Waals surface area contributed by atoms with Gasteiger partial charge in [0, 0.05) is 11.4 Å². The fourth-order valence-electron chi connectivity index (χ4n) is 1.87. The van der Waals surface area contributed by atoms with Crippen LogP contribution in [-0.2, 0) is 6.54 Å². The highest BCUT2D eigenvalue weighted by Crippen LogP contribution is 2.18. The smallest absolute Gasteiger partial charge is 0.134 e. The van der Waals surface area contributed by atoms with E-state index in [-0.39, 0.29) is 12.6 Å². The van der Waals surface area contributed by atoms with Gasteiger partial charge < -0.3 is 14.8 Å². The summed E-state index contributed by atoms with van der Waals surface area (Å²) in [5.74, 6) is 1.31. The fourth-order valence-corrected chi connectivity index (χ4v) is 1.87. The van der Waals surface area contributed by atoms with Crippen molar-refractivity contribution >= 4 is 11.0 Å². The summed E-state index contributed by atoms with van der Waals surface area (Å²) >= 11 is 0. The molecule has 1 atom stereocenters. The van der Waals surface area contributed by atoms with Gasteiger partial charge in [0.1, 0.15) is 11.3 Å². The third-order valence-corrected chi connectivity index (χ3v) is 3.02. The molecule has 2 rings (SSSR count). The molecule has 1 heterocycles. The lowest BCUT2D eigenvalue weighted by atomic mass is 10.1. The molecule has 0 bridgehead atoms. The molecule has 1 unspecified atom stereocenters. The molecule has 2 aromatic rings. The van der Waals surface area contributed by atoms with E-state index in [0.29, 0.717) is 12.5 Å². The zero-order valence-corrected chi connectivity index (χ0v) is 10.3. The second-order valence-corrected chi connectivity index (χ2v) is 4.66. The van der Waals surface area contributed by atoms with Crippen molar-refractivity contribution in [3.05, 3.63) is 36.1 Å². The lowest BCUT2D eigenvalue weighted by Crippen LogP contribution is -2.36. The summed E-state index contributed by atoms with van der Waals surface area (Å²) in [6.07, 6.45) is 0. The van der Waals surface area contributed by atoms with Crippen LogP contribution in [0.15, 0.2) is 34.7 Å². The van der Waals surface area contributed by atoms with Gasteiger partial charge in [-0.05, 0) is 18.1 Å². The number of furan rings is 1. The summed E-state index contributed by atoms with van der Waals surface area (Å²) in [6.45, 7) is 4.98. The summed E-state index contributed by atoms with van der Waals surface area (Å²) in [6, 6.07) is 10.1. The molecular formula is C14H19NO2. The number of para-hydroxylation sites is 1. The average molecular weight is 233 g/mol. The summed E-state index contributed by atoms with van der Waals surface area (Å²) in [7, 11) is 0. The molecule has 92 valence electrons. The maximum atomic E-state index is 9.22. The van der Waals surface area contributed by atoms with Crippen molar-refractivity contribution < 1.29 is 9.52 Å². The first-order chi connectivity index (χ1) is 8.20. The Morgan fingerprint density at radius 3 is 2.71 bits per heavy atom. The molecule has 0 radical (unpaired) electrons. The second-order valence-electron chi connectivity index (χ2n) is 4.66. The molecular weight excluding hydrogens is 214 g/mol. The van der Waals surface area contributed by atoms with E-state index < -0.39 is 0 Å². The van der Waals surface area contributed by atoms with Crippen LogP contribution >= 0.6 is 0 Å². The third kappa shape index (κ3) is 2.87. The second kappa shape index (κ2) is 5.34. The number of hydrogen-bond acceptors (Lipinski definition) is 3. The van der Waals surface area contributed by atoms with Gasteiger partial charge in [-0.2, -0.15) is 0 Å². The van der Waals surface area contributed by atoms with Gasteiger partial charge in [-0.3, -0.25) is 0 Å². The molecule has 0 fully saturated rings. The van der Waals surface area contributed by atoms with E-state index in [1.807, 2.05) is 30.3 Å². The number of aliphatic hydroxyl groups excluding tert-OH is 1. The minimum absolute atomic E-state index is 0.114. The third-order valence-electron chi connectivity index (χ3n) is 3.02. The van der Waals surface area contributed by atoms with Crippen molar-refractivity contribution in [2.45, 2.75) is 26.4 Å². The van der Waals surface area contributed by atoms with Crippen LogP contribution in [0.2, 0.25) is 0 Å². The van der Waals surface area contributed by atoms with Crippen LogP contribution in [0.25, 0.3) is 11.0 Å². The Morgan fingerprint density at radius 2 is 2.06 bits per heavy atom. The van der Waals surface area contributed by atoms with E-state index in [1.54, 1.807) is 0 Å². The van der Waals surface area contributed by atoms with E-state index >= 15 is 0 Å². The van der Waals surface area contributed by atoms with Gasteiger partial charge in [0.2, 0.25) is 0 Å². The molecule has 17 heavy (non-hydrogen) atoms. The Bertz CT molecular complexity index is 443. The quantitative estimate of drug-likeness (QED) is 0.834. The molecule has 2 N–H and O–H groups in total. The number of benzene rings is 1. The Hall–Kier alpha value is -1.32. The van der Waals surface area contributed by atoms with Gasteiger partial charge in [0.05, 0.1) is 13.2 Å². The van der Waals surface area contributed by atoms with Gasteiger partial charge in [-0.25, -0.2) is 0 Å². The predicted octanol–water partition coefficient (Wildman–Crippen LogP) is 2.54. The topological polar surface area (TPSA) is 45.4 Å². The van der Waals surface area contributed by atoms with Crippen LogP contribution in [0, 0.1) is 5.92 Å². The van der Waals surface area contributed by atoms with Crippen LogP contribution in [0.4, 0.5) is 0 Å². The highest BCUT2D eigenvalue weighted by atomic mass is 16.3. The van der Waals surface area contributed by atoms with Gasteiger partial charge >= 0.3 is 0 Å². The Labute approximate surface area is 101 Å². The SMILES string of the molecule is CC(C)C(CO)NCc1cc2ccccc2o1. The van der Waals surface area contributed by atoms with E-state index in [9.17, 15) is 5.11 Å². The van der Waals surface area contributed by atoms with E-state index in [1.165, 1.54) is 0 Å². The Morgan fingerprint density at radius 1 is 1.29 bits per heavy atom. The van der Waals surface area contributed by atoms with Crippen molar-refractivity contribution in [1.29, 1.82) is 0 Å². The highest BCUT2D eigenvalue weighted by Gasteiger charge is 2.12. The Balaban J connectivity index is 2.03. The van der Waals surface area contributed by atoms with Gasteiger partial charge in [0.25, 0.3) is 0 Å². The maximum absolute atomic E-state index is 9.22. The van der Waals surface area contributed by atoms with Crippen molar-refractivity contribution in [3.63, 3.8) is 0 Å². The normalized spacial score (nSPS) is 13.4. The summed E-state index contributed by atoms with van der Waals surface area (Å²) in [4.78, 5) is 0. The van der Waals surface area contributed by atoms with Crippen LogP contribution in [0.1, 0.15) is 19.6 Å². The predicted molar refractivity (Wildman–Crippen MR) is 68.8 cm³/mol. The maximum Gasteiger partial charge on any atom is 0.134 e. The summed E-state index contributed by atoms with van der Waals surface area (Å²) in [5.41, 5.74) is 0.911. The van der Waals surface area contributed by atoms with Gasteiger partial charge in [-0.1, -0.05) is 32.0 Å². The largest absolute Gasteiger partial charge is 0.460 e. The highest BCUT2D eigenvalue weighted by molar-refractivity contribution is 5.77. The van der Waals surface area contributed by atoms with Crippen molar-refractivity contribution in [3.8, 4) is 0 Å². The van der Waals surface area contributed by atoms with E-state index in [2.05, 4.69) is 19.2 Å². The molecule has 1 aromatic heterocycles. The van der Waals surface area contributed by atoms with Crippen LogP contribution in [-0.4, -0.2) is 17.8 Å². The molecule has 0 aliphatic heterocycles. The first-order valence-electron chi connectivity index (χ1n) is 6.02. The van der Waals surface area contributed by atoms with Gasteiger partial charge in [0.15, 0.2) is 0 Å². The monoisotopic (exact) mass is 233 g/mol. The minimum Gasteiger partial charge on any atom is -0.460 e. The zero-order valence-electron chi connectivity index (χ0n) is 10.3. The van der Waals surface area contributed by atoms with Crippen molar-refractivity contribution in [1.82, 2.24) is 5.32 Å². The Kier molecular flexibility index (Phi) is 3.82. The van der Waals surface area contributed by atoms with Gasteiger partial charge in [-0.15, -0.1) is 0 Å². The average Bonchev–Trinajstić information content (AvgIpc) is 2.71. The number of hydrogen-bond donors (Lipinski definition) is 2. The lowest BCUT2D eigenvalue weighted by molar-refractivity contribution is 0.207. The van der Waals surface area contributed by atoms with Crippen molar-refractivity contribution in [2.75, 3.05) is 6.61 Å². The summed E-state index contributed by atoms with van der Waals surface area (Å²) < 4.78 is 5.70. The van der Waals surface area contributed by atoms with E-state index in [4.69, 9.17) is 4.42 Å². The first-order valence-corrected chi connectivity index (χ1v) is 6.02. The number of nitrogens with one attached hydrogen (secondary N) is 1. The molecule has 0 aliphatic carbocycles. The molecule has 0 saturated heterocycles. The van der Waals surface area contributed by atoms with Crippen LogP contribution in [0.5, 0.6) is 0 Å². The molecule has 3 heteroatoms. The molecule has 0 amide bonds. The molecule has 0 aliphatic rings. The number of aliphatic hydroxyl groups is 1. The standard InChI is InChI=1S/C14H19NO2/c1-10(2)13(9-16)15-8-12-7-11-5-3-4-6-14(11)17-12/h3-7,10,13,15-16H,8-9H2,1-2H3. The lowest BCUT2D eigenvalue weighted by Gasteiger charge is -2.18. The zero-order chi connectivity index (χ0) is 12.3. The van der Waals surface area contributed by atoms with Crippen molar-refractivity contribution in [2.24, 2.45) is 5.92 Å². The molecule has 1 aromatic carbocycles. The molecule has 3 nitrogen and oxygen atoms in total. The number of rotatable bonds is 5. The minimum atomic E-state index is 0.114. The first kappa shape index (κ1) is 12.1. The fraction of sp³-hybridized carbons (Fsp3) is 0.429. The van der Waals surface area contributed by atoms with Crippen LogP contribution < -0.4 is 5.32 Å². The van der Waals surface area contributed by atoms with Crippen LogP contribution in [0.3, 0.4) is 0 Å². The molecule has 0 saturated carbocycles. The van der Waals surface area contributed by atoms with E-state index in [0.717, 1.165) is 16.7 Å². The summed E-state index contributed by atoms with van der Waals surface area (Å²) in [5, 5.41) is 13.6. The molecule has 0 spiro atoms. The number of fused-ring (bicyclic) bond motifs is 1.